The highest BCUT2D eigenvalue weighted by Gasteiger charge is 2.24. The van der Waals surface area contributed by atoms with E-state index in [1.165, 1.54) is 19.2 Å². The summed E-state index contributed by atoms with van der Waals surface area (Å²) in [5.74, 6) is -0.749. The summed E-state index contributed by atoms with van der Waals surface area (Å²) in [4.78, 5) is 1.57. The zero-order valence-electron chi connectivity index (χ0n) is 10.5. The molecule has 0 spiro atoms. The second-order valence-electron chi connectivity index (χ2n) is 4.20. The summed E-state index contributed by atoms with van der Waals surface area (Å²) in [6, 6.07) is 3.92. The third-order valence-corrected chi connectivity index (χ3v) is 4.83. The van der Waals surface area contributed by atoms with Crippen LogP contribution in [0.4, 0.5) is 4.39 Å². The number of hydrogen-bond acceptors (Lipinski definition) is 3. The fourth-order valence-electron chi connectivity index (χ4n) is 1.31. The Labute approximate surface area is 116 Å². The lowest BCUT2D eigenvalue weighted by Crippen LogP contribution is -2.33. The van der Waals surface area contributed by atoms with Crippen LogP contribution < -0.4 is 0 Å². The van der Waals surface area contributed by atoms with Gasteiger partial charge in [-0.15, -0.1) is 0 Å². The Kier molecular flexibility index (Phi) is 5.27. The van der Waals surface area contributed by atoms with E-state index in [0.29, 0.717) is 17.6 Å². The minimum Gasteiger partial charge on any atom is -0.308 e. The molecule has 0 unspecified atom stereocenters. The molecule has 1 aromatic carbocycles. The maximum absolute atomic E-state index is 13.7. The summed E-state index contributed by atoms with van der Waals surface area (Å²) >= 11 is 3.09. The lowest BCUT2D eigenvalue weighted by molar-refractivity contribution is 0.357. The van der Waals surface area contributed by atoms with Gasteiger partial charge in [0.1, 0.15) is 10.7 Å². The first-order valence-corrected chi connectivity index (χ1v) is 7.54. The van der Waals surface area contributed by atoms with Crippen LogP contribution in [0.15, 0.2) is 27.6 Å². The van der Waals surface area contributed by atoms with Gasteiger partial charge >= 0.3 is 0 Å². The van der Waals surface area contributed by atoms with Crippen molar-refractivity contribution in [1.82, 2.24) is 9.21 Å². The number of nitrogens with zero attached hydrogens (tertiary/aromatic N) is 2. The molecule has 0 atom stereocenters. The van der Waals surface area contributed by atoms with Gasteiger partial charge in [-0.1, -0.05) is 15.9 Å². The molecule has 18 heavy (non-hydrogen) atoms. The molecule has 0 amide bonds. The Morgan fingerprint density at radius 2 is 1.83 bits per heavy atom. The van der Waals surface area contributed by atoms with Gasteiger partial charge in [0, 0.05) is 24.6 Å². The fraction of sp³-hybridized carbons (Fsp3) is 0.455. The maximum atomic E-state index is 13.7. The molecule has 1 aromatic rings. The van der Waals surface area contributed by atoms with Crippen molar-refractivity contribution < 1.29 is 12.8 Å². The predicted octanol–water partition coefficient (Wildman–Crippen LogP) is 1.77. The summed E-state index contributed by atoms with van der Waals surface area (Å²) in [6.07, 6.45) is 0. The summed E-state index contributed by atoms with van der Waals surface area (Å²) < 4.78 is 39.6. The Morgan fingerprint density at radius 3 is 2.33 bits per heavy atom. The number of rotatable bonds is 5. The second-order valence-corrected chi connectivity index (χ2v) is 7.13. The number of likely N-dealkylation sites (N-methyl/N-ethyl adjacent to an activating group) is 2. The van der Waals surface area contributed by atoms with E-state index in [2.05, 4.69) is 15.9 Å². The third-order valence-electron chi connectivity index (χ3n) is 2.44. The van der Waals surface area contributed by atoms with Crippen LogP contribution in [0.3, 0.4) is 0 Å². The molecule has 0 N–H and O–H groups in total. The molecule has 0 radical (unpaired) electrons. The molecule has 0 saturated heterocycles. The molecular weight excluding hydrogens is 323 g/mol. The van der Waals surface area contributed by atoms with Gasteiger partial charge in [0.2, 0.25) is 10.0 Å². The van der Waals surface area contributed by atoms with Crippen LogP contribution in [0.2, 0.25) is 0 Å². The number of sulfonamides is 1. The van der Waals surface area contributed by atoms with Gasteiger partial charge in [-0.25, -0.2) is 12.8 Å². The first-order chi connectivity index (χ1) is 8.25. The van der Waals surface area contributed by atoms with Crippen LogP contribution in [0, 0.1) is 5.82 Å². The monoisotopic (exact) mass is 338 g/mol. The van der Waals surface area contributed by atoms with E-state index >= 15 is 0 Å². The van der Waals surface area contributed by atoms with E-state index in [0.717, 1.165) is 10.4 Å². The molecule has 0 aliphatic carbocycles. The topological polar surface area (TPSA) is 40.6 Å². The molecule has 0 bridgehead atoms. The van der Waals surface area contributed by atoms with E-state index in [1.807, 2.05) is 19.0 Å². The molecule has 4 nitrogen and oxygen atoms in total. The number of halogens is 2. The standard InChI is InChI=1S/C11H16BrFN2O2S/c1-14(2)6-7-15(3)18(16,17)11-5-4-9(12)8-10(11)13/h4-5,8H,6-7H2,1-3H3. The van der Waals surface area contributed by atoms with Gasteiger partial charge in [-0.3, -0.25) is 0 Å². The van der Waals surface area contributed by atoms with Crippen molar-refractivity contribution in [1.29, 1.82) is 0 Å². The first-order valence-electron chi connectivity index (χ1n) is 5.31. The van der Waals surface area contributed by atoms with E-state index < -0.39 is 15.8 Å². The maximum Gasteiger partial charge on any atom is 0.245 e. The summed E-state index contributed by atoms with van der Waals surface area (Å²) in [5, 5.41) is 0. The summed E-state index contributed by atoms with van der Waals surface area (Å²) in [7, 11) is 1.37. The Bertz CT molecular complexity index is 520. The van der Waals surface area contributed by atoms with Gasteiger partial charge in [0.25, 0.3) is 0 Å². The van der Waals surface area contributed by atoms with Crippen LogP contribution in [0.5, 0.6) is 0 Å². The van der Waals surface area contributed by atoms with Crippen molar-refractivity contribution in [3.8, 4) is 0 Å². The van der Waals surface area contributed by atoms with Crippen molar-refractivity contribution in [2.45, 2.75) is 4.90 Å². The van der Waals surface area contributed by atoms with Crippen LogP contribution in [-0.4, -0.2) is 51.9 Å². The lowest BCUT2D eigenvalue weighted by Gasteiger charge is -2.19. The molecule has 0 heterocycles. The van der Waals surface area contributed by atoms with Crippen LogP contribution in [0.1, 0.15) is 0 Å². The molecule has 0 aromatic heterocycles. The van der Waals surface area contributed by atoms with Gasteiger partial charge in [-0.2, -0.15) is 4.31 Å². The Balaban J connectivity index is 2.98. The van der Waals surface area contributed by atoms with E-state index in [4.69, 9.17) is 0 Å². The van der Waals surface area contributed by atoms with Gasteiger partial charge in [0.15, 0.2) is 0 Å². The summed E-state index contributed by atoms with van der Waals surface area (Å²) in [5.41, 5.74) is 0. The van der Waals surface area contributed by atoms with Crippen LogP contribution in [-0.2, 0) is 10.0 Å². The second kappa shape index (κ2) is 6.10. The zero-order chi connectivity index (χ0) is 13.9. The average molecular weight is 339 g/mol. The largest absolute Gasteiger partial charge is 0.308 e. The Morgan fingerprint density at radius 1 is 1.22 bits per heavy atom. The SMILES string of the molecule is CN(C)CCN(C)S(=O)(=O)c1ccc(Br)cc1F. The minimum atomic E-state index is -3.77. The quantitative estimate of drug-likeness (QED) is 0.821. The van der Waals surface area contributed by atoms with Crippen molar-refractivity contribution in [2.24, 2.45) is 0 Å². The highest BCUT2D eigenvalue weighted by molar-refractivity contribution is 9.10. The first kappa shape index (κ1) is 15.6. The van der Waals surface area contributed by atoms with Crippen molar-refractivity contribution >= 4 is 26.0 Å². The van der Waals surface area contributed by atoms with E-state index in [-0.39, 0.29) is 4.90 Å². The fourth-order valence-corrected chi connectivity index (χ4v) is 2.85. The highest BCUT2D eigenvalue weighted by atomic mass is 79.9. The molecule has 7 heteroatoms. The Hall–Kier alpha value is -0.500. The summed E-state index contributed by atoms with van der Waals surface area (Å²) in [6.45, 7) is 0.888. The van der Waals surface area contributed by atoms with Gasteiger partial charge in [-0.05, 0) is 32.3 Å². The molecule has 1 rings (SSSR count). The highest BCUT2D eigenvalue weighted by Crippen LogP contribution is 2.21. The lowest BCUT2D eigenvalue weighted by atomic mass is 10.3. The van der Waals surface area contributed by atoms with E-state index in [1.54, 1.807) is 0 Å². The van der Waals surface area contributed by atoms with Gasteiger partial charge in [0.05, 0.1) is 0 Å². The molecule has 0 aliphatic heterocycles. The third kappa shape index (κ3) is 3.74. The number of hydrogen-bond donors (Lipinski definition) is 0. The van der Waals surface area contributed by atoms with Crippen molar-refractivity contribution in [3.05, 3.63) is 28.5 Å². The molecule has 102 valence electrons. The van der Waals surface area contributed by atoms with E-state index in [9.17, 15) is 12.8 Å². The van der Waals surface area contributed by atoms with Crippen molar-refractivity contribution in [3.63, 3.8) is 0 Å². The predicted molar refractivity (Wildman–Crippen MR) is 72.5 cm³/mol. The van der Waals surface area contributed by atoms with Crippen LogP contribution >= 0.6 is 15.9 Å². The molecule has 0 aliphatic rings. The molecule has 0 fully saturated rings. The molecular formula is C11H16BrFN2O2S. The minimum absolute atomic E-state index is 0.299. The van der Waals surface area contributed by atoms with Gasteiger partial charge < -0.3 is 4.90 Å². The average Bonchev–Trinajstić information content (AvgIpc) is 2.24. The normalized spacial score (nSPS) is 12.4. The smallest absolute Gasteiger partial charge is 0.245 e. The zero-order valence-corrected chi connectivity index (χ0v) is 12.9. The number of benzene rings is 1. The van der Waals surface area contributed by atoms with Crippen molar-refractivity contribution in [2.75, 3.05) is 34.2 Å². The molecule has 0 saturated carbocycles. The van der Waals surface area contributed by atoms with Crippen LogP contribution in [0.25, 0.3) is 0 Å².